The van der Waals surface area contributed by atoms with E-state index in [9.17, 15) is 67.4 Å². The number of aliphatic hydroxyl groups excluding tert-OH is 1. The van der Waals surface area contributed by atoms with Crippen LogP contribution in [0.2, 0.25) is 0 Å². The normalized spacial score (nSPS) is 29.5. The maximum absolute atomic E-state index is 16.2. The van der Waals surface area contributed by atoms with Crippen LogP contribution in [0.3, 0.4) is 0 Å². The smallest absolute Gasteiger partial charge is 0.366 e. The summed E-state index contributed by atoms with van der Waals surface area (Å²) in [5.41, 5.74) is -0.158. The minimum Gasteiger partial charge on any atom is -0.497 e. The molecule has 5 aromatic carbocycles. The summed E-state index contributed by atoms with van der Waals surface area (Å²) in [6.45, 7) is 6.16. The fourth-order valence-corrected chi connectivity index (χ4v) is 15.9. The van der Waals surface area contributed by atoms with Crippen molar-refractivity contribution in [1.29, 1.82) is 0 Å². The number of hydrogen-bond donors (Lipinski definition) is 4. The van der Waals surface area contributed by atoms with Crippen LogP contribution in [0, 0.1) is 0 Å². The molecule has 6 aliphatic heterocycles. The van der Waals surface area contributed by atoms with Crippen molar-refractivity contribution in [2.24, 2.45) is 0 Å². The second-order valence-corrected chi connectivity index (χ2v) is 31.6. The number of hydrogen-bond acceptors (Lipinski definition) is 41. The number of esters is 12. The summed E-state index contributed by atoms with van der Waals surface area (Å²) < 4.78 is 159. The van der Waals surface area contributed by atoms with Crippen LogP contribution in [-0.4, -0.2) is 301 Å². The highest BCUT2D eigenvalue weighted by molar-refractivity contribution is 5.91. The van der Waals surface area contributed by atoms with Gasteiger partial charge in [0.25, 0.3) is 5.79 Å². The van der Waals surface area contributed by atoms with Crippen molar-refractivity contribution in [1.82, 2.24) is 16.0 Å². The Hall–Kier alpha value is -12.7. The Bertz CT molecular complexity index is 4960. The monoisotopic (exact) mass is 1900 g/mol. The molecule has 3 amide bonds. The van der Waals surface area contributed by atoms with Gasteiger partial charge in [0.15, 0.2) is 61.8 Å². The average Bonchev–Trinajstić information content (AvgIpc) is 0.725. The van der Waals surface area contributed by atoms with E-state index in [1.165, 1.54) is 110 Å². The topological polar surface area (TPSA) is 543 Å². The molecule has 0 spiro atoms. The zero-order valence-corrected chi connectivity index (χ0v) is 75.4. The van der Waals surface area contributed by atoms with E-state index >= 15 is 9.59 Å². The predicted octanol–water partition coefficient (Wildman–Crippen LogP) is 2.82. The third-order valence-electron chi connectivity index (χ3n) is 21.4. The highest BCUT2D eigenvalue weighted by atomic mass is 16.8. The summed E-state index contributed by atoms with van der Waals surface area (Å²) in [5, 5.41) is 20.9. The predicted molar refractivity (Wildman–Crippen MR) is 447 cm³/mol. The number of ether oxygens (including phenoxy) is 25. The molecule has 6 heterocycles. The molecule has 44 heteroatoms. The van der Waals surface area contributed by atoms with Crippen molar-refractivity contribution in [3.63, 3.8) is 0 Å². The highest BCUT2D eigenvalue weighted by Gasteiger charge is 2.66. The molecular formula is C91H105N3O41. The number of methoxy groups -OCH3 is 2. The second kappa shape index (κ2) is 47.5. The number of fused-ring (bicyclic) bond motifs is 1. The summed E-state index contributed by atoms with van der Waals surface area (Å²) in [6, 6.07) is 29.7. The standard InChI is InChI=1S/C91H105N3O41/c1-44(95)92-67-61(118-50(7)101)38-91(90(110)112-13,134-77(67)73(121-53(10)104)63(119-51(8)102)40-114-48(5)99)135-79-74(131-86-68(93-45(2)96)75(122-54(11)105)71(120-52(9)103)64(125-86)41-115-49(6)100)65(42-116-82(107)55-26-18-14-19-27-55)127-89(81(79)129-84(109)57-30-22-16-23-31-57)132-76-69(94-46(3)97)87(126-66-43-117-85(130-72(66)76)58-32-24-17-25-33-58)133-78-70(106)62(39-113-47(4)98)124-88(123-60-36-34-59(111-12)35-37-60)80(78)128-83(108)56-28-20-15-21-29-56/h14-37,61-81,85-89,106H,38-43H2,1-13H3,(H,92,95)(H,93,96)(H,94,97)/t61-,62+,63+,64+,65+,66+,67+,68+,69+,70-,71-,72+,73+,74-,75+,76+,77+,78-,79-,80+,81+,85+,86-,87-,88+,89-,91-/m0/s1. The molecule has 6 aliphatic rings. The molecule has 27 atom stereocenters. The van der Waals surface area contributed by atoms with E-state index in [-0.39, 0.29) is 22.4 Å². The molecule has 0 aromatic heterocycles. The van der Waals surface area contributed by atoms with E-state index in [2.05, 4.69) is 16.0 Å². The van der Waals surface area contributed by atoms with Gasteiger partial charge in [-0.25, -0.2) is 19.2 Å². The van der Waals surface area contributed by atoms with Crippen LogP contribution in [0.25, 0.3) is 0 Å². The molecule has 11 rings (SSSR count). The molecule has 4 N–H and O–H groups in total. The van der Waals surface area contributed by atoms with Crippen LogP contribution in [0.1, 0.15) is 126 Å². The lowest BCUT2D eigenvalue weighted by molar-refractivity contribution is -0.408. The van der Waals surface area contributed by atoms with Gasteiger partial charge in [0, 0.05) is 81.7 Å². The van der Waals surface area contributed by atoms with E-state index in [0.717, 1.165) is 83.3 Å². The Morgan fingerprint density at radius 3 is 1.40 bits per heavy atom. The largest absolute Gasteiger partial charge is 0.497 e. The van der Waals surface area contributed by atoms with Crippen molar-refractivity contribution in [2.45, 2.75) is 248 Å². The van der Waals surface area contributed by atoms with Crippen molar-refractivity contribution < 1.29 is 195 Å². The fraction of sp³-hybridized carbons (Fsp3) is 0.505. The van der Waals surface area contributed by atoms with Gasteiger partial charge in [-0.15, -0.1) is 0 Å². The Labute approximate surface area is 772 Å². The van der Waals surface area contributed by atoms with Gasteiger partial charge in [0.05, 0.1) is 50.0 Å². The zero-order valence-electron chi connectivity index (χ0n) is 75.4. The third-order valence-corrected chi connectivity index (χ3v) is 21.4. The van der Waals surface area contributed by atoms with Gasteiger partial charge in [-0.05, 0) is 60.7 Å². The maximum atomic E-state index is 16.2. The van der Waals surface area contributed by atoms with Gasteiger partial charge in [0.2, 0.25) is 24.0 Å². The van der Waals surface area contributed by atoms with Gasteiger partial charge >= 0.3 is 71.6 Å². The SMILES string of the molecule is COC(=O)[C@@]1(O[C@H]2[C@@H](O[C@@H]3O[C@H](COC(C)=O)[C@H](OC(C)=O)[C@H](OC(C)=O)[C@H]3NC(C)=O)[C@@H](COC(=O)c3ccccc3)O[C@@H](O[C@@H]3[C@@H](NC(C)=O)[C@H](O[C@H]4[C@@H](O)[C@@H](COC(C)=O)O[C@@H](Oc5ccc(OC)cc5)[C@@H]4OC(=O)c4ccccc4)O[C@@H]4CO[C@@H](c5ccccc5)O[C@@H]34)[C@@H]2OC(=O)c2ccccc2)C[C@H](OC(C)=O)[C@@H](NC(C)=O)[C@H]([C@H](OC(C)=O)[C@@H](COC(C)=O)OC(C)=O)O1. The summed E-state index contributed by atoms with van der Waals surface area (Å²) >= 11 is 0. The lowest BCUT2D eigenvalue weighted by Gasteiger charge is -2.54. The Morgan fingerprint density at radius 1 is 0.415 bits per heavy atom. The number of carbonyl (C=O) groups excluding carboxylic acids is 15. The van der Waals surface area contributed by atoms with Gasteiger partial charge in [0.1, 0.15) is 123 Å². The minimum atomic E-state index is -3.52. The molecule has 730 valence electrons. The third kappa shape index (κ3) is 27.3. The number of aliphatic hydroxyl groups is 1. The molecule has 0 aliphatic carbocycles. The molecule has 6 fully saturated rings. The van der Waals surface area contributed by atoms with Crippen LogP contribution in [-0.2, 0) is 166 Å². The second-order valence-electron chi connectivity index (χ2n) is 31.6. The van der Waals surface area contributed by atoms with Gasteiger partial charge in [-0.2, -0.15) is 0 Å². The molecule has 0 bridgehead atoms. The summed E-state index contributed by atoms with van der Waals surface area (Å²) in [5.74, 6) is -19.8. The van der Waals surface area contributed by atoms with Crippen molar-refractivity contribution >= 4 is 89.4 Å². The number of amides is 3. The zero-order chi connectivity index (χ0) is 97.6. The van der Waals surface area contributed by atoms with Crippen LogP contribution >= 0.6 is 0 Å². The van der Waals surface area contributed by atoms with Crippen LogP contribution in [0.4, 0.5) is 0 Å². The molecule has 0 saturated carbocycles. The van der Waals surface area contributed by atoms with Gasteiger partial charge in [-0.1, -0.05) is 84.9 Å². The molecule has 6 saturated heterocycles. The van der Waals surface area contributed by atoms with Crippen LogP contribution < -0.4 is 25.4 Å². The van der Waals surface area contributed by atoms with E-state index < -0.39 is 294 Å². The Balaban J connectivity index is 1.20. The molecule has 0 unspecified atom stereocenters. The molecular weight excluding hydrogens is 1790 g/mol. The van der Waals surface area contributed by atoms with E-state index in [4.69, 9.17) is 118 Å². The first kappa shape index (κ1) is 103. The summed E-state index contributed by atoms with van der Waals surface area (Å²) in [6.07, 6.45) is -49.3. The molecule has 5 aromatic rings. The number of benzene rings is 5. The Morgan fingerprint density at radius 2 is 0.874 bits per heavy atom. The van der Waals surface area contributed by atoms with E-state index in [0.29, 0.717) is 11.3 Å². The van der Waals surface area contributed by atoms with Crippen LogP contribution in [0.15, 0.2) is 146 Å². The summed E-state index contributed by atoms with van der Waals surface area (Å²) in [7, 11) is 2.20. The van der Waals surface area contributed by atoms with E-state index in [1.807, 2.05) is 0 Å². The van der Waals surface area contributed by atoms with Gasteiger partial charge < -0.3 is 139 Å². The molecule has 135 heavy (non-hydrogen) atoms. The number of nitrogens with one attached hydrogen (secondary N) is 3. The summed E-state index contributed by atoms with van der Waals surface area (Å²) in [4.78, 5) is 211. The molecule has 44 nitrogen and oxygen atoms in total. The van der Waals surface area contributed by atoms with Crippen LogP contribution in [0.5, 0.6) is 11.5 Å². The van der Waals surface area contributed by atoms with Crippen molar-refractivity contribution in [2.75, 3.05) is 47.3 Å². The van der Waals surface area contributed by atoms with Crippen molar-refractivity contribution in [3.05, 3.63) is 168 Å². The average molecular weight is 1900 g/mol. The Kier molecular flexibility index (Phi) is 36.1. The lowest BCUT2D eigenvalue weighted by Crippen LogP contribution is -2.74. The first-order valence-corrected chi connectivity index (χ1v) is 42.5. The lowest BCUT2D eigenvalue weighted by atomic mass is 9.87. The first-order valence-electron chi connectivity index (χ1n) is 42.5. The number of rotatable bonds is 36. The highest BCUT2D eigenvalue weighted by Crippen LogP contribution is 2.46. The quantitative estimate of drug-likeness (QED) is 0.0331. The van der Waals surface area contributed by atoms with Crippen molar-refractivity contribution in [3.8, 4) is 11.5 Å². The number of carbonyl (C=O) groups is 15. The van der Waals surface area contributed by atoms with Gasteiger partial charge in [-0.3, -0.25) is 52.7 Å². The molecule has 0 radical (unpaired) electrons. The fourth-order valence-electron chi connectivity index (χ4n) is 15.9. The van der Waals surface area contributed by atoms with E-state index in [1.54, 1.807) is 42.5 Å². The first-order chi connectivity index (χ1) is 64.4. The minimum absolute atomic E-state index is 0.0364. The maximum Gasteiger partial charge on any atom is 0.366 e.